The van der Waals surface area contributed by atoms with Crippen molar-refractivity contribution in [2.24, 2.45) is 11.7 Å². The standard InChI is InChI=1S/C12H17FN2/c1-15-7-10(6-14)12(8-15)9-2-4-11(13)5-3-9/h2-5,10,12H,6-8,14H2,1H3/t10-,12+/m0/s1. The SMILES string of the molecule is CN1C[C@H](CN)[C@@H](c2ccc(F)cc2)C1. The predicted molar refractivity (Wildman–Crippen MR) is 59.2 cm³/mol. The summed E-state index contributed by atoms with van der Waals surface area (Å²) < 4.78 is 12.8. The van der Waals surface area contributed by atoms with Crippen LogP contribution in [0.4, 0.5) is 4.39 Å². The van der Waals surface area contributed by atoms with E-state index in [-0.39, 0.29) is 5.82 Å². The van der Waals surface area contributed by atoms with Gasteiger partial charge in [0.1, 0.15) is 5.82 Å². The van der Waals surface area contributed by atoms with Crippen LogP contribution < -0.4 is 5.73 Å². The van der Waals surface area contributed by atoms with Gasteiger partial charge in [0.2, 0.25) is 0 Å². The van der Waals surface area contributed by atoms with Gasteiger partial charge in [0, 0.05) is 19.0 Å². The number of benzene rings is 1. The highest BCUT2D eigenvalue weighted by Gasteiger charge is 2.30. The third-order valence-corrected chi connectivity index (χ3v) is 3.22. The first kappa shape index (κ1) is 10.6. The fourth-order valence-corrected chi connectivity index (χ4v) is 2.41. The molecule has 1 aromatic carbocycles. The fourth-order valence-electron chi connectivity index (χ4n) is 2.41. The normalized spacial score (nSPS) is 27.1. The molecule has 2 N–H and O–H groups in total. The van der Waals surface area contributed by atoms with Gasteiger partial charge in [-0.3, -0.25) is 0 Å². The Hall–Kier alpha value is -0.930. The third-order valence-electron chi connectivity index (χ3n) is 3.22. The smallest absolute Gasteiger partial charge is 0.123 e. The average molecular weight is 208 g/mol. The second-order valence-corrected chi connectivity index (χ2v) is 4.38. The van der Waals surface area contributed by atoms with E-state index in [0.717, 1.165) is 13.1 Å². The minimum absolute atomic E-state index is 0.172. The molecule has 1 saturated heterocycles. The van der Waals surface area contributed by atoms with Gasteiger partial charge in [-0.1, -0.05) is 12.1 Å². The molecule has 0 spiro atoms. The maximum absolute atomic E-state index is 12.8. The Morgan fingerprint density at radius 3 is 2.60 bits per heavy atom. The van der Waals surface area contributed by atoms with E-state index >= 15 is 0 Å². The molecular formula is C12H17FN2. The lowest BCUT2D eigenvalue weighted by atomic mass is 9.89. The Kier molecular flexibility index (Phi) is 3.03. The van der Waals surface area contributed by atoms with Crippen LogP contribution in [0.1, 0.15) is 11.5 Å². The van der Waals surface area contributed by atoms with Gasteiger partial charge < -0.3 is 10.6 Å². The van der Waals surface area contributed by atoms with E-state index < -0.39 is 0 Å². The lowest BCUT2D eigenvalue weighted by Crippen LogP contribution is -2.21. The largest absolute Gasteiger partial charge is 0.330 e. The molecule has 0 amide bonds. The van der Waals surface area contributed by atoms with Crippen molar-refractivity contribution >= 4 is 0 Å². The summed E-state index contributed by atoms with van der Waals surface area (Å²) in [5.74, 6) is 0.787. The summed E-state index contributed by atoms with van der Waals surface area (Å²) in [6.45, 7) is 2.76. The molecule has 0 saturated carbocycles. The maximum Gasteiger partial charge on any atom is 0.123 e. The van der Waals surface area contributed by atoms with Gasteiger partial charge in [0.25, 0.3) is 0 Å². The van der Waals surface area contributed by atoms with Crippen molar-refractivity contribution in [3.05, 3.63) is 35.6 Å². The van der Waals surface area contributed by atoms with Crippen LogP contribution in [0.5, 0.6) is 0 Å². The third kappa shape index (κ3) is 2.19. The second-order valence-electron chi connectivity index (χ2n) is 4.38. The highest BCUT2D eigenvalue weighted by molar-refractivity contribution is 5.23. The monoisotopic (exact) mass is 208 g/mol. The summed E-state index contributed by atoms with van der Waals surface area (Å²) >= 11 is 0. The molecule has 15 heavy (non-hydrogen) atoms. The summed E-state index contributed by atoms with van der Waals surface area (Å²) in [5, 5.41) is 0. The molecule has 1 aliphatic rings. The number of nitrogens with zero attached hydrogens (tertiary/aromatic N) is 1. The van der Waals surface area contributed by atoms with Crippen LogP contribution in [-0.4, -0.2) is 31.6 Å². The van der Waals surface area contributed by atoms with Crippen molar-refractivity contribution in [1.82, 2.24) is 4.90 Å². The first-order valence-electron chi connectivity index (χ1n) is 5.35. The topological polar surface area (TPSA) is 29.3 Å². The molecule has 1 heterocycles. The summed E-state index contributed by atoms with van der Waals surface area (Å²) in [7, 11) is 2.10. The Bertz CT molecular complexity index is 323. The molecule has 2 nitrogen and oxygen atoms in total. The van der Waals surface area contributed by atoms with E-state index in [9.17, 15) is 4.39 Å². The Labute approximate surface area is 89.9 Å². The van der Waals surface area contributed by atoms with Crippen molar-refractivity contribution in [2.45, 2.75) is 5.92 Å². The van der Waals surface area contributed by atoms with E-state index in [1.165, 1.54) is 17.7 Å². The summed E-state index contributed by atoms with van der Waals surface area (Å²) in [6.07, 6.45) is 0. The van der Waals surface area contributed by atoms with Crippen LogP contribution in [0.3, 0.4) is 0 Å². The zero-order chi connectivity index (χ0) is 10.8. The van der Waals surface area contributed by atoms with Gasteiger partial charge in [0.15, 0.2) is 0 Å². The lowest BCUT2D eigenvalue weighted by molar-refractivity contribution is 0.397. The van der Waals surface area contributed by atoms with Crippen LogP contribution >= 0.6 is 0 Å². The van der Waals surface area contributed by atoms with Gasteiger partial charge in [-0.05, 0) is 37.2 Å². The van der Waals surface area contributed by atoms with Crippen molar-refractivity contribution in [3.8, 4) is 0 Å². The second kappa shape index (κ2) is 4.29. The van der Waals surface area contributed by atoms with Crippen LogP contribution in [0.25, 0.3) is 0 Å². The molecule has 82 valence electrons. The Balaban J connectivity index is 2.19. The number of hydrogen-bond acceptors (Lipinski definition) is 2. The fraction of sp³-hybridized carbons (Fsp3) is 0.500. The van der Waals surface area contributed by atoms with Crippen molar-refractivity contribution in [2.75, 3.05) is 26.7 Å². The molecule has 0 aromatic heterocycles. The van der Waals surface area contributed by atoms with Crippen molar-refractivity contribution in [1.29, 1.82) is 0 Å². The molecular weight excluding hydrogens is 191 g/mol. The van der Waals surface area contributed by atoms with Crippen molar-refractivity contribution < 1.29 is 4.39 Å². The van der Waals surface area contributed by atoms with E-state index in [0.29, 0.717) is 18.4 Å². The van der Waals surface area contributed by atoms with Crippen LogP contribution in [0.2, 0.25) is 0 Å². The van der Waals surface area contributed by atoms with E-state index in [1.54, 1.807) is 0 Å². The highest BCUT2D eigenvalue weighted by atomic mass is 19.1. The van der Waals surface area contributed by atoms with Gasteiger partial charge in [-0.2, -0.15) is 0 Å². The number of rotatable bonds is 2. The molecule has 2 rings (SSSR count). The van der Waals surface area contributed by atoms with Gasteiger partial charge in [-0.25, -0.2) is 4.39 Å². The number of likely N-dealkylation sites (N-methyl/N-ethyl adjacent to an activating group) is 1. The molecule has 0 radical (unpaired) electrons. The van der Waals surface area contributed by atoms with Crippen LogP contribution in [-0.2, 0) is 0 Å². The summed E-state index contributed by atoms with van der Waals surface area (Å²) in [5.41, 5.74) is 6.96. The minimum atomic E-state index is -0.172. The van der Waals surface area contributed by atoms with E-state index in [1.807, 2.05) is 12.1 Å². The first-order valence-corrected chi connectivity index (χ1v) is 5.35. The van der Waals surface area contributed by atoms with Crippen LogP contribution in [0.15, 0.2) is 24.3 Å². The van der Waals surface area contributed by atoms with Gasteiger partial charge >= 0.3 is 0 Å². The highest BCUT2D eigenvalue weighted by Crippen LogP contribution is 2.31. The number of nitrogens with two attached hydrogens (primary N) is 1. The lowest BCUT2D eigenvalue weighted by Gasteiger charge is -2.16. The summed E-state index contributed by atoms with van der Waals surface area (Å²) in [4.78, 5) is 2.28. The molecule has 1 fully saturated rings. The van der Waals surface area contributed by atoms with Gasteiger partial charge in [-0.15, -0.1) is 0 Å². The molecule has 0 aliphatic carbocycles. The van der Waals surface area contributed by atoms with E-state index in [4.69, 9.17) is 5.73 Å². The maximum atomic E-state index is 12.8. The quantitative estimate of drug-likeness (QED) is 0.796. The molecule has 1 aliphatic heterocycles. The average Bonchev–Trinajstić information content (AvgIpc) is 2.61. The van der Waals surface area contributed by atoms with Gasteiger partial charge in [0.05, 0.1) is 0 Å². The van der Waals surface area contributed by atoms with Crippen LogP contribution in [0, 0.1) is 11.7 Å². The summed E-state index contributed by atoms with van der Waals surface area (Å²) in [6, 6.07) is 6.81. The first-order chi connectivity index (χ1) is 7.20. The van der Waals surface area contributed by atoms with Crippen molar-refractivity contribution in [3.63, 3.8) is 0 Å². The number of likely N-dealkylation sites (tertiary alicyclic amines) is 1. The Morgan fingerprint density at radius 1 is 1.33 bits per heavy atom. The number of halogens is 1. The Morgan fingerprint density at radius 2 is 2.00 bits per heavy atom. The molecule has 3 heteroatoms. The predicted octanol–water partition coefficient (Wildman–Crippen LogP) is 1.43. The zero-order valence-electron chi connectivity index (χ0n) is 8.99. The number of hydrogen-bond donors (Lipinski definition) is 1. The molecule has 2 atom stereocenters. The minimum Gasteiger partial charge on any atom is -0.330 e. The zero-order valence-corrected chi connectivity index (χ0v) is 8.99. The molecule has 1 aromatic rings. The van der Waals surface area contributed by atoms with E-state index in [2.05, 4.69) is 11.9 Å². The molecule has 0 unspecified atom stereocenters. The molecule has 0 bridgehead atoms.